The van der Waals surface area contributed by atoms with Crippen LogP contribution < -0.4 is 10.6 Å². The van der Waals surface area contributed by atoms with Crippen LogP contribution in [0.1, 0.15) is 24.2 Å². The van der Waals surface area contributed by atoms with E-state index in [1.807, 2.05) is 19.2 Å². The van der Waals surface area contributed by atoms with Crippen LogP contribution in [-0.2, 0) is 13.0 Å². The maximum Gasteiger partial charge on any atom is 0.216 e. The Labute approximate surface area is 174 Å². The molecule has 0 amide bonds. The first-order chi connectivity index (χ1) is 14.3. The lowest BCUT2D eigenvalue weighted by molar-refractivity contribution is 0.198. The minimum absolute atomic E-state index is 0.454. The van der Waals surface area contributed by atoms with Gasteiger partial charge in [0.05, 0.1) is 6.26 Å². The van der Waals surface area contributed by atoms with Crippen molar-refractivity contribution in [2.24, 2.45) is 4.99 Å². The van der Waals surface area contributed by atoms with Crippen molar-refractivity contribution in [2.75, 3.05) is 26.7 Å². The molecule has 0 atom stereocenters. The Morgan fingerprint density at radius 3 is 3.00 bits per heavy atom. The van der Waals surface area contributed by atoms with E-state index < -0.39 is 0 Å². The molecule has 0 spiro atoms. The first-order valence-corrected chi connectivity index (χ1v) is 10.9. The second-order valence-electron chi connectivity index (χ2n) is 7.16. The van der Waals surface area contributed by atoms with Crippen LogP contribution in [0.15, 0.2) is 44.6 Å². The van der Waals surface area contributed by atoms with E-state index in [4.69, 9.17) is 4.42 Å². The third-order valence-corrected chi connectivity index (χ3v) is 5.80. The Hall–Kier alpha value is -2.65. The molecule has 0 radical (unpaired) electrons. The summed E-state index contributed by atoms with van der Waals surface area (Å²) < 4.78 is 5.32. The Bertz CT molecular complexity index is 880. The molecule has 4 rings (SSSR count). The zero-order valence-corrected chi connectivity index (χ0v) is 17.4. The number of H-pyrrole nitrogens is 1. The van der Waals surface area contributed by atoms with Crippen LogP contribution >= 0.6 is 11.3 Å². The number of rotatable bonds is 7. The highest BCUT2D eigenvalue weighted by atomic mass is 32.1. The fourth-order valence-electron chi connectivity index (χ4n) is 3.49. The van der Waals surface area contributed by atoms with Crippen LogP contribution in [0.2, 0.25) is 0 Å². The summed E-state index contributed by atoms with van der Waals surface area (Å²) in [7, 11) is 1.81. The number of furan rings is 1. The molecule has 29 heavy (non-hydrogen) atoms. The van der Waals surface area contributed by atoms with E-state index in [9.17, 15) is 0 Å². The lowest BCUT2D eigenvalue weighted by atomic mass is 10.0. The predicted octanol–water partition coefficient (Wildman–Crippen LogP) is 2.50. The molecule has 0 saturated carbocycles. The number of guanidine groups is 1. The van der Waals surface area contributed by atoms with Gasteiger partial charge in [0.2, 0.25) is 5.82 Å². The fraction of sp³-hybridized carbons (Fsp3) is 0.450. The van der Waals surface area contributed by atoms with E-state index >= 15 is 0 Å². The SMILES string of the molecule is CN=C(NCCc1nc(-c2ccco2)n[nH]1)NC1CCN(Cc2ccsc2)CC1. The molecular formula is C20H27N7OS. The fourth-order valence-corrected chi connectivity index (χ4v) is 4.15. The van der Waals surface area contributed by atoms with Crippen LogP contribution in [0.4, 0.5) is 0 Å². The van der Waals surface area contributed by atoms with E-state index in [1.54, 1.807) is 17.6 Å². The molecule has 3 N–H and O–H groups in total. The molecular weight excluding hydrogens is 386 g/mol. The normalized spacial score (nSPS) is 16.2. The van der Waals surface area contributed by atoms with Gasteiger partial charge in [-0.2, -0.15) is 16.4 Å². The Morgan fingerprint density at radius 1 is 1.38 bits per heavy atom. The molecule has 0 unspecified atom stereocenters. The second kappa shape index (κ2) is 9.71. The summed E-state index contributed by atoms with van der Waals surface area (Å²) in [6, 6.07) is 6.35. The number of nitrogens with one attached hydrogen (secondary N) is 3. The summed E-state index contributed by atoms with van der Waals surface area (Å²) in [6.07, 6.45) is 4.60. The third kappa shape index (κ3) is 5.45. The average Bonchev–Trinajstić information content (AvgIpc) is 3.51. The van der Waals surface area contributed by atoms with Crippen molar-refractivity contribution in [3.63, 3.8) is 0 Å². The first-order valence-electron chi connectivity index (χ1n) is 9.96. The number of thiophene rings is 1. The largest absolute Gasteiger partial charge is 0.461 e. The number of likely N-dealkylation sites (tertiary alicyclic amines) is 1. The molecule has 3 aromatic heterocycles. The van der Waals surface area contributed by atoms with Crippen molar-refractivity contribution in [1.82, 2.24) is 30.7 Å². The van der Waals surface area contributed by atoms with Gasteiger partial charge in [0.25, 0.3) is 0 Å². The van der Waals surface area contributed by atoms with E-state index in [2.05, 4.69) is 52.5 Å². The van der Waals surface area contributed by atoms with Crippen LogP contribution in [0.5, 0.6) is 0 Å². The first kappa shape index (κ1) is 19.7. The van der Waals surface area contributed by atoms with Gasteiger partial charge in [0.15, 0.2) is 11.7 Å². The minimum Gasteiger partial charge on any atom is -0.461 e. The number of aromatic amines is 1. The predicted molar refractivity (Wildman–Crippen MR) is 115 cm³/mol. The van der Waals surface area contributed by atoms with E-state index in [0.29, 0.717) is 17.6 Å². The van der Waals surface area contributed by atoms with Gasteiger partial charge in [-0.05, 0) is 47.4 Å². The molecule has 0 aromatic carbocycles. The molecule has 0 aliphatic carbocycles. The van der Waals surface area contributed by atoms with Crippen LogP contribution in [-0.4, -0.2) is 58.8 Å². The van der Waals surface area contributed by atoms with Gasteiger partial charge in [0, 0.05) is 45.7 Å². The maximum atomic E-state index is 5.32. The summed E-state index contributed by atoms with van der Waals surface area (Å²) in [5.74, 6) is 2.91. The summed E-state index contributed by atoms with van der Waals surface area (Å²) in [4.78, 5) is 11.3. The average molecular weight is 414 g/mol. The van der Waals surface area contributed by atoms with Gasteiger partial charge in [-0.3, -0.25) is 15.0 Å². The van der Waals surface area contributed by atoms with Crippen molar-refractivity contribution >= 4 is 17.3 Å². The van der Waals surface area contributed by atoms with E-state index in [0.717, 1.165) is 57.2 Å². The molecule has 0 bridgehead atoms. The minimum atomic E-state index is 0.454. The Balaban J connectivity index is 1.17. The Morgan fingerprint density at radius 2 is 2.28 bits per heavy atom. The molecule has 9 heteroatoms. The molecule has 1 aliphatic rings. The zero-order valence-electron chi connectivity index (χ0n) is 16.6. The van der Waals surface area contributed by atoms with Crippen molar-refractivity contribution in [3.05, 3.63) is 46.6 Å². The number of hydrogen-bond donors (Lipinski definition) is 3. The van der Waals surface area contributed by atoms with Gasteiger partial charge in [0.1, 0.15) is 5.82 Å². The molecule has 3 aromatic rings. The lowest BCUT2D eigenvalue weighted by Crippen LogP contribution is -2.48. The highest BCUT2D eigenvalue weighted by molar-refractivity contribution is 7.07. The van der Waals surface area contributed by atoms with Gasteiger partial charge >= 0.3 is 0 Å². The summed E-state index contributed by atoms with van der Waals surface area (Å²) in [5.41, 5.74) is 1.42. The third-order valence-electron chi connectivity index (χ3n) is 5.07. The maximum absolute atomic E-state index is 5.32. The lowest BCUT2D eigenvalue weighted by Gasteiger charge is -2.32. The molecule has 154 valence electrons. The highest BCUT2D eigenvalue weighted by Crippen LogP contribution is 2.16. The number of aliphatic imine (C=N–C) groups is 1. The number of hydrogen-bond acceptors (Lipinski definition) is 6. The van der Waals surface area contributed by atoms with E-state index in [1.165, 1.54) is 5.56 Å². The summed E-state index contributed by atoms with van der Waals surface area (Å²) in [5, 5.41) is 18.5. The van der Waals surface area contributed by atoms with E-state index in [-0.39, 0.29) is 0 Å². The number of piperidine rings is 1. The molecule has 8 nitrogen and oxygen atoms in total. The van der Waals surface area contributed by atoms with Crippen molar-refractivity contribution in [1.29, 1.82) is 0 Å². The number of aromatic nitrogens is 3. The van der Waals surface area contributed by atoms with Crippen LogP contribution in [0.3, 0.4) is 0 Å². The summed E-state index contributed by atoms with van der Waals surface area (Å²) >= 11 is 1.77. The molecule has 1 saturated heterocycles. The monoisotopic (exact) mass is 413 g/mol. The molecule has 4 heterocycles. The molecule has 1 aliphatic heterocycles. The van der Waals surface area contributed by atoms with Crippen molar-refractivity contribution in [3.8, 4) is 11.6 Å². The quantitative estimate of drug-likeness (QED) is 0.407. The van der Waals surface area contributed by atoms with Gasteiger partial charge < -0.3 is 15.1 Å². The summed E-state index contributed by atoms with van der Waals surface area (Å²) in [6.45, 7) is 4.00. The smallest absolute Gasteiger partial charge is 0.216 e. The van der Waals surface area contributed by atoms with Gasteiger partial charge in [-0.15, -0.1) is 0 Å². The van der Waals surface area contributed by atoms with Crippen molar-refractivity contribution < 1.29 is 4.42 Å². The van der Waals surface area contributed by atoms with Crippen LogP contribution in [0, 0.1) is 0 Å². The standard InChI is InChI=1S/C20H27N7OS/c1-21-20(22-8-4-18-24-19(26-25-18)17-3-2-11-28-17)23-16-5-9-27(10-6-16)13-15-7-12-29-14-15/h2-3,7,11-12,14,16H,4-6,8-10,13H2,1H3,(H2,21,22,23)(H,24,25,26). The highest BCUT2D eigenvalue weighted by Gasteiger charge is 2.20. The van der Waals surface area contributed by atoms with Crippen LogP contribution in [0.25, 0.3) is 11.6 Å². The van der Waals surface area contributed by atoms with Crippen molar-refractivity contribution in [2.45, 2.75) is 31.8 Å². The topological polar surface area (TPSA) is 94.4 Å². The zero-order chi connectivity index (χ0) is 19.9. The second-order valence-corrected chi connectivity index (χ2v) is 7.94. The number of nitrogens with zero attached hydrogens (tertiary/aromatic N) is 4. The van der Waals surface area contributed by atoms with Gasteiger partial charge in [-0.25, -0.2) is 4.98 Å². The Kier molecular flexibility index (Phi) is 6.58. The van der Waals surface area contributed by atoms with Gasteiger partial charge in [-0.1, -0.05) is 0 Å². The molecule has 1 fully saturated rings.